The van der Waals surface area contributed by atoms with E-state index in [9.17, 15) is 20.1 Å². The molecule has 16 heavy (non-hydrogen) atoms. The van der Waals surface area contributed by atoms with Gasteiger partial charge in [0, 0.05) is 0 Å². The number of aliphatic hydroxyl groups excluding tert-OH is 3. The van der Waals surface area contributed by atoms with E-state index in [1.54, 1.807) is 0 Å². The quantitative estimate of drug-likeness (QED) is 0.215. The molecule has 0 aromatic heterocycles. The first-order valence-corrected chi connectivity index (χ1v) is 4.36. The SMILES string of the molecule is N[C@@H]1[C@@H](O)[C@@H](O)[C@@H](CO)OC1(O)OC(=O)O. The number of carbonyl (C=O) groups is 1. The number of nitrogens with two attached hydrogens (primary N) is 1. The zero-order chi connectivity index (χ0) is 12.5. The van der Waals surface area contributed by atoms with Gasteiger partial charge in [-0.25, -0.2) is 4.79 Å². The van der Waals surface area contributed by atoms with Gasteiger partial charge >= 0.3 is 12.1 Å². The smallest absolute Gasteiger partial charge is 0.450 e. The minimum absolute atomic E-state index is 0.754. The molecule has 9 heteroatoms. The predicted octanol–water partition coefficient (Wildman–Crippen LogP) is -3.23. The van der Waals surface area contributed by atoms with Crippen molar-refractivity contribution >= 4 is 6.16 Å². The van der Waals surface area contributed by atoms with Gasteiger partial charge in [-0.05, 0) is 0 Å². The minimum atomic E-state index is -2.81. The van der Waals surface area contributed by atoms with Crippen LogP contribution < -0.4 is 5.73 Å². The molecule has 9 nitrogen and oxygen atoms in total. The van der Waals surface area contributed by atoms with Crippen LogP contribution in [0.3, 0.4) is 0 Å². The summed E-state index contributed by atoms with van der Waals surface area (Å²) in [6, 6.07) is -1.69. The van der Waals surface area contributed by atoms with Gasteiger partial charge in [0.2, 0.25) is 0 Å². The monoisotopic (exact) mass is 239 g/mol. The van der Waals surface area contributed by atoms with E-state index in [2.05, 4.69) is 9.47 Å². The normalized spacial score (nSPS) is 44.1. The van der Waals surface area contributed by atoms with Crippen LogP contribution in [0.1, 0.15) is 0 Å². The summed E-state index contributed by atoms with van der Waals surface area (Å²) < 4.78 is 8.58. The van der Waals surface area contributed by atoms with Crippen LogP contribution in [0.2, 0.25) is 0 Å². The molecule has 1 rings (SSSR count). The zero-order valence-electron chi connectivity index (χ0n) is 8.05. The maximum Gasteiger partial charge on any atom is 0.510 e. The Balaban J connectivity index is 2.89. The molecule has 1 saturated heterocycles. The Bertz CT molecular complexity index is 271. The molecule has 0 radical (unpaired) electrons. The summed E-state index contributed by atoms with van der Waals surface area (Å²) in [5.74, 6) is -2.81. The molecular weight excluding hydrogens is 226 g/mol. The van der Waals surface area contributed by atoms with Gasteiger partial charge in [0.15, 0.2) is 0 Å². The van der Waals surface area contributed by atoms with Crippen LogP contribution in [0.15, 0.2) is 0 Å². The average molecular weight is 239 g/mol. The van der Waals surface area contributed by atoms with Crippen molar-refractivity contribution < 1.29 is 39.8 Å². The maximum absolute atomic E-state index is 10.3. The summed E-state index contributed by atoms with van der Waals surface area (Å²) in [6.07, 6.45) is -6.54. The summed E-state index contributed by atoms with van der Waals surface area (Å²) in [7, 11) is 0. The fourth-order valence-electron chi connectivity index (χ4n) is 1.38. The van der Waals surface area contributed by atoms with Crippen LogP contribution in [0.5, 0.6) is 0 Å². The zero-order valence-corrected chi connectivity index (χ0v) is 8.05. The van der Waals surface area contributed by atoms with Gasteiger partial charge < -0.3 is 40.7 Å². The van der Waals surface area contributed by atoms with E-state index < -0.39 is 43.1 Å². The second-order valence-corrected chi connectivity index (χ2v) is 3.34. The van der Waals surface area contributed by atoms with Crippen LogP contribution in [-0.2, 0) is 9.47 Å². The first kappa shape index (κ1) is 13.1. The Kier molecular flexibility index (Phi) is 3.68. The molecule has 94 valence electrons. The van der Waals surface area contributed by atoms with Crippen molar-refractivity contribution in [2.45, 2.75) is 30.3 Å². The second kappa shape index (κ2) is 4.49. The second-order valence-electron chi connectivity index (χ2n) is 3.34. The Morgan fingerprint density at radius 2 is 2.00 bits per heavy atom. The molecule has 7 N–H and O–H groups in total. The first-order valence-electron chi connectivity index (χ1n) is 4.36. The predicted molar refractivity (Wildman–Crippen MR) is 46.0 cm³/mol. The highest BCUT2D eigenvalue weighted by molar-refractivity contribution is 5.57. The number of carboxylic acid groups (broad SMARTS) is 1. The van der Waals surface area contributed by atoms with Crippen molar-refractivity contribution in [2.75, 3.05) is 6.61 Å². The molecule has 1 aliphatic rings. The highest BCUT2D eigenvalue weighted by Gasteiger charge is 2.54. The lowest BCUT2D eigenvalue weighted by Gasteiger charge is -2.43. The van der Waals surface area contributed by atoms with Crippen LogP contribution in [0, 0.1) is 0 Å². The minimum Gasteiger partial charge on any atom is -0.450 e. The van der Waals surface area contributed by atoms with E-state index in [0.29, 0.717) is 0 Å². The summed E-state index contributed by atoms with van der Waals surface area (Å²) in [5.41, 5.74) is 5.26. The molecule has 1 unspecified atom stereocenters. The van der Waals surface area contributed by atoms with Crippen LogP contribution >= 0.6 is 0 Å². The third kappa shape index (κ3) is 2.24. The Hall–Kier alpha value is -0.970. The molecule has 0 spiro atoms. The van der Waals surface area contributed by atoms with Gasteiger partial charge in [-0.15, -0.1) is 0 Å². The standard InChI is InChI=1S/C7H13NO8/c8-5-4(11)3(10)2(1-9)15-7(5,14)16-6(12)13/h2-5,9-11,14H,1,8H2,(H,12,13)/t2-,3+,4+,5-,7?/m1/s1. The van der Waals surface area contributed by atoms with E-state index in [1.165, 1.54) is 0 Å². The number of ether oxygens (including phenoxy) is 2. The van der Waals surface area contributed by atoms with Gasteiger partial charge in [0.1, 0.15) is 24.4 Å². The van der Waals surface area contributed by atoms with E-state index in [1.807, 2.05) is 0 Å². The lowest BCUT2D eigenvalue weighted by molar-refractivity contribution is -0.405. The van der Waals surface area contributed by atoms with E-state index >= 15 is 0 Å². The fraction of sp³-hybridized carbons (Fsp3) is 0.857. The number of aliphatic hydroxyl groups is 4. The van der Waals surface area contributed by atoms with Crippen molar-refractivity contribution in [2.24, 2.45) is 5.73 Å². The molecule has 0 saturated carbocycles. The molecule has 1 heterocycles. The van der Waals surface area contributed by atoms with Crippen LogP contribution in [0.25, 0.3) is 0 Å². The lowest BCUT2D eigenvalue weighted by Crippen LogP contribution is -2.69. The topological polar surface area (TPSA) is 163 Å². The molecule has 0 bridgehead atoms. The van der Waals surface area contributed by atoms with E-state index in [-0.39, 0.29) is 0 Å². The average Bonchev–Trinajstić information content (AvgIpc) is 2.20. The number of hydrogen-bond donors (Lipinski definition) is 6. The molecular formula is C7H13NO8. The summed E-state index contributed by atoms with van der Waals surface area (Å²) >= 11 is 0. The van der Waals surface area contributed by atoms with Gasteiger partial charge in [-0.2, -0.15) is 0 Å². The van der Waals surface area contributed by atoms with Crippen molar-refractivity contribution in [1.82, 2.24) is 0 Å². The largest absolute Gasteiger partial charge is 0.510 e. The third-order valence-corrected chi connectivity index (χ3v) is 2.25. The van der Waals surface area contributed by atoms with Gasteiger partial charge in [-0.1, -0.05) is 0 Å². The summed E-state index contributed by atoms with van der Waals surface area (Å²) in [4.78, 5) is 10.3. The number of rotatable bonds is 2. The molecule has 1 fully saturated rings. The van der Waals surface area contributed by atoms with Crippen LogP contribution in [-0.4, -0.2) is 68.6 Å². The van der Waals surface area contributed by atoms with Crippen molar-refractivity contribution in [3.05, 3.63) is 0 Å². The Morgan fingerprint density at radius 1 is 1.44 bits per heavy atom. The fourth-order valence-corrected chi connectivity index (χ4v) is 1.38. The van der Waals surface area contributed by atoms with Gasteiger partial charge in [0.05, 0.1) is 6.61 Å². The van der Waals surface area contributed by atoms with Crippen LogP contribution in [0.4, 0.5) is 4.79 Å². The van der Waals surface area contributed by atoms with Gasteiger partial charge in [-0.3, -0.25) is 0 Å². The molecule has 0 aliphatic carbocycles. The highest BCUT2D eigenvalue weighted by Crippen LogP contribution is 2.27. The van der Waals surface area contributed by atoms with Crippen molar-refractivity contribution in [3.63, 3.8) is 0 Å². The third-order valence-electron chi connectivity index (χ3n) is 2.25. The Labute approximate surface area is 89.6 Å². The van der Waals surface area contributed by atoms with Crippen molar-refractivity contribution in [1.29, 1.82) is 0 Å². The molecule has 0 aromatic rings. The maximum atomic E-state index is 10.3. The molecule has 1 aliphatic heterocycles. The highest BCUT2D eigenvalue weighted by atomic mass is 16.9. The summed E-state index contributed by atoms with van der Waals surface area (Å²) in [6.45, 7) is -0.754. The first-order chi connectivity index (χ1) is 7.31. The van der Waals surface area contributed by atoms with E-state index in [0.717, 1.165) is 0 Å². The van der Waals surface area contributed by atoms with E-state index in [4.69, 9.17) is 15.9 Å². The van der Waals surface area contributed by atoms with Gasteiger partial charge in [0.25, 0.3) is 0 Å². The Morgan fingerprint density at radius 3 is 2.44 bits per heavy atom. The number of hydrogen-bond acceptors (Lipinski definition) is 8. The lowest BCUT2D eigenvalue weighted by atomic mass is 9.96. The molecule has 5 atom stereocenters. The summed E-state index contributed by atoms with van der Waals surface area (Å²) in [5, 5.41) is 45.4. The van der Waals surface area contributed by atoms with Crippen molar-refractivity contribution in [3.8, 4) is 0 Å². The molecule has 0 amide bonds. The molecule has 0 aromatic carbocycles.